The van der Waals surface area contributed by atoms with E-state index in [1.807, 2.05) is 24.3 Å². The van der Waals surface area contributed by atoms with Crippen molar-refractivity contribution in [3.8, 4) is 17.2 Å². The molecule has 8 nitrogen and oxygen atoms in total. The summed E-state index contributed by atoms with van der Waals surface area (Å²) in [7, 11) is 0.753. The second kappa shape index (κ2) is 8.71. The average Bonchev–Trinajstić information content (AvgIpc) is 2.73. The van der Waals surface area contributed by atoms with E-state index in [9.17, 15) is 13.2 Å². The van der Waals surface area contributed by atoms with E-state index < -0.39 is 10.0 Å². The van der Waals surface area contributed by atoms with Gasteiger partial charge in [0.1, 0.15) is 19.0 Å². The molecule has 29 heavy (non-hydrogen) atoms. The van der Waals surface area contributed by atoms with Crippen molar-refractivity contribution in [2.24, 2.45) is 0 Å². The number of hydrogen-bond donors (Lipinski definition) is 0. The van der Waals surface area contributed by atoms with Gasteiger partial charge in [0.2, 0.25) is 15.9 Å². The lowest BCUT2D eigenvalue weighted by atomic mass is 10.2. The first-order chi connectivity index (χ1) is 13.8. The maximum Gasteiger partial charge on any atom is 0.243 e. The van der Waals surface area contributed by atoms with Gasteiger partial charge in [-0.25, -0.2) is 8.42 Å². The van der Waals surface area contributed by atoms with Crippen LogP contribution >= 0.6 is 0 Å². The summed E-state index contributed by atoms with van der Waals surface area (Å²) >= 11 is 0. The van der Waals surface area contributed by atoms with Gasteiger partial charge in [0.15, 0.2) is 11.5 Å². The first-order valence-corrected chi connectivity index (χ1v) is 10.5. The molecule has 0 N–H and O–H groups in total. The molecular weight excluding hydrogens is 396 g/mol. The van der Waals surface area contributed by atoms with Gasteiger partial charge in [-0.2, -0.15) is 4.31 Å². The predicted octanol–water partition coefficient (Wildman–Crippen LogP) is 1.75. The minimum Gasteiger partial charge on any atom is -0.497 e. The third-order valence-corrected chi connectivity index (χ3v) is 6.38. The Kier molecular flexibility index (Phi) is 6.29. The van der Waals surface area contributed by atoms with Crippen molar-refractivity contribution in [2.45, 2.75) is 11.4 Å². The van der Waals surface area contributed by atoms with Crippen molar-refractivity contribution in [2.75, 3.05) is 41.0 Å². The number of benzene rings is 2. The smallest absolute Gasteiger partial charge is 0.243 e. The van der Waals surface area contributed by atoms with Gasteiger partial charge in [-0.05, 0) is 29.8 Å². The van der Waals surface area contributed by atoms with Gasteiger partial charge in [-0.15, -0.1) is 0 Å². The molecule has 1 heterocycles. The molecule has 1 aliphatic heterocycles. The Bertz CT molecular complexity index is 975. The third kappa shape index (κ3) is 4.80. The molecule has 0 aromatic heterocycles. The fraction of sp³-hybridized carbons (Fsp3) is 0.350. The van der Waals surface area contributed by atoms with E-state index in [0.717, 1.165) is 15.6 Å². The number of carbonyl (C=O) groups excluding carboxylic acids is 1. The van der Waals surface area contributed by atoms with Crippen LogP contribution in [-0.4, -0.2) is 64.5 Å². The summed E-state index contributed by atoms with van der Waals surface area (Å²) in [6.07, 6.45) is 0. The molecule has 156 valence electrons. The summed E-state index contributed by atoms with van der Waals surface area (Å²) in [5.74, 6) is 1.30. The van der Waals surface area contributed by atoms with E-state index >= 15 is 0 Å². The Morgan fingerprint density at radius 1 is 1.03 bits per heavy atom. The zero-order valence-electron chi connectivity index (χ0n) is 16.6. The monoisotopic (exact) mass is 420 g/mol. The van der Waals surface area contributed by atoms with Crippen LogP contribution in [0.25, 0.3) is 0 Å². The quantitative estimate of drug-likeness (QED) is 0.678. The molecule has 9 heteroatoms. The number of amides is 1. The second-order valence-electron chi connectivity index (χ2n) is 6.66. The molecule has 2 aromatic carbocycles. The van der Waals surface area contributed by atoms with E-state index in [-0.39, 0.29) is 17.3 Å². The lowest BCUT2D eigenvalue weighted by Gasteiger charge is -2.23. The average molecular weight is 420 g/mol. The van der Waals surface area contributed by atoms with E-state index in [0.29, 0.717) is 31.3 Å². The lowest BCUT2D eigenvalue weighted by Crippen LogP contribution is -2.39. The zero-order chi connectivity index (χ0) is 21.0. The summed E-state index contributed by atoms with van der Waals surface area (Å²) in [5, 5.41) is 0. The summed E-state index contributed by atoms with van der Waals surface area (Å²) in [4.78, 5) is 14.1. The van der Waals surface area contributed by atoms with Gasteiger partial charge >= 0.3 is 0 Å². The number of rotatable bonds is 7. The highest BCUT2D eigenvalue weighted by molar-refractivity contribution is 7.89. The standard InChI is InChI=1S/C20H24N2O6S/c1-21(13-15-4-6-16(26-3)7-5-15)20(23)14-22(2)29(24,25)17-8-9-18-19(12-17)28-11-10-27-18/h4-9,12H,10-11,13-14H2,1-3H3. The van der Waals surface area contributed by atoms with E-state index in [2.05, 4.69) is 0 Å². The Morgan fingerprint density at radius 2 is 1.69 bits per heavy atom. The normalized spacial score (nSPS) is 13.2. The van der Waals surface area contributed by atoms with Crippen molar-refractivity contribution in [1.29, 1.82) is 0 Å². The molecular formula is C20H24N2O6S. The molecule has 0 aliphatic carbocycles. The van der Waals surface area contributed by atoms with Crippen molar-refractivity contribution in [3.05, 3.63) is 48.0 Å². The molecule has 0 unspecified atom stereocenters. The predicted molar refractivity (Wildman–Crippen MR) is 107 cm³/mol. The minimum absolute atomic E-state index is 0.0508. The molecule has 0 atom stereocenters. The molecule has 1 amide bonds. The molecule has 0 saturated heterocycles. The number of fused-ring (bicyclic) bond motifs is 1. The van der Waals surface area contributed by atoms with Gasteiger partial charge in [0, 0.05) is 26.7 Å². The molecule has 0 radical (unpaired) electrons. The van der Waals surface area contributed by atoms with Crippen LogP contribution < -0.4 is 14.2 Å². The van der Waals surface area contributed by atoms with Gasteiger partial charge in [-0.3, -0.25) is 4.79 Å². The molecule has 0 spiro atoms. The van der Waals surface area contributed by atoms with Crippen LogP contribution in [0.4, 0.5) is 0 Å². The number of ether oxygens (including phenoxy) is 3. The Labute approximate surface area is 170 Å². The molecule has 2 aromatic rings. The largest absolute Gasteiger partial charge is 0.497 e. The van der Waals surface area contributed by atoms with Crippen LogP contribution in [0.3, 0.4) is 0 Å². The van der Waals surface area contributed by atoms with Crippen LogP contribution in [0.1, 0.15) is 5.56 Å². The van der Waals surface area contributed by atoms with Crippen molar-refractivity contribution in [3.63, 3.8) is 0 Å². The number of sulfonamides is 1. The van der Waals surface area contributed by atoms with Crippen molar-refractivity contribution in [1.82, 2.24) is 9.21 Å². The first-order valence-electron chi connectivity index (χ1n) is 9.04. The summed E-state index contributed by atoms with van der Waals surface area (Å²) in [5.41, 5.74) is 0.916. The second-order valence-corrected chi connectivity index (χ2v) is 8.71. The van der Waals surface area contributed by atoms with Crippen LogP contribution in [0.2, 0.25) is 0 Å². The minimum atomic E-state index is -3.85. The zero-order valence-corrected chi connectivity index (χ0v) is 17.4. The fourth-order valence-electron chi connectivity index (χ4n) is 2.85. The Hall–Kier alpha value is -2.78. The summed E-state index contributed by atoms with van der Waals surface area (Å²) in [6.45, 7) is 0.874. The number of hydrogen-bond acceptors (Lipinski definition) is 6. The molecule has 1 aliphatic rings. The maximum atomic E-state index is 12.8. The summed E-state index contributed by atoms with van der Waals surface area (Å²) in [6, 6.07) is 11.8. The van der Waals surface area contributed by atoms with Crippen molar-refractivity contribution < 1.29 is 27.4 Å². The van der Waals surface area contributed by atoms with E-state index in [1.165, 1.54) is 24.1 Å². The number of likely N-dealkylation sites (N-methyl/N-ethyl adjacent to an activating group) is 2. The number of methoxy groups -OCH3 is 1. The third-order valence-electron chi connectivity index (χ3n) is 4.58. The first kappa shape index (κ1) is 20.9. The number of carbonyl (C=O) groups is 1. The van der Waals surface area contributed by atoms with Crippen LogP contribution in [0, 0.1) is 0 Å². The Balaban J connectivity index is 1.65. The van der Waals surface area contributed by atoms with Crippen molar-refractivity contribution >= 4 is 15.9 Å². The highest BCUT2D eigenvalue weighted by Crippen LogP contribution is 2.32. The lowest BCUT2D eigenvalue weighted by molar-refractivity contribution is -0.130. The van der Waals surface area contributed by atoms with Gasteiger partial charge in [-0.1, -0.05) is 12.1 Å². The highest BCUT2D eigenvalue weighted by atomic mass is 32.2. The molecule has 0 fully saturated rings. The SMILES string of the molecule is COc1ccc(CN(C)C(=O)CN(C)S(=O)(=O)c2ccc3c(c2)OCCO3)cc1. The molecule has 0 bridgehead atoms. The molecule has 3 rings (SSSR count). The van der Waals surface area contributed by atoms with Gasteiger partial charge in [0.05, 0.1) is 18.6 Å². The number of nitrogens with zero attached hydrogens (tertiary/aromatic N) is 2. The van der Waals surface area contributed by atoms with Gasteiger partial charge in [0.25, 0.3) is 0 Å². The highest BCUT2D eigenvalue weighted by Gasteiger charge is 2.26. The fourth-order valence-corrected chi connectivity index (χ4v) is 3.99. The van der Waals surface area contributed by atoms with Crippen LogP contribution in [0.15, 0.2) is 47.4 Å². The maximum absolute atomic E-state index is 12.8. The van der Waals surface area contributed by atoms with E-state index in [1.54, 1.807) is 20.2 Å². The van der Waals surface area contributed by atoms with Crippen LogP contribution in [0.5, 0.6) is 17.2 Å². The van der Waals surface area contributed by atoms with E-state index in [4.69, 9.17) is 14.2 Å². The Morgan fingerprint density at radius 3 is 2.34 bits per heavy atom. The van der Waals surface area contributed by atoms with Gasteiger partial charge < -0.3 is 19.1 Å². The van der Waals surface area contributed by atoms with Crippen LogP contribution in [-0.2, 0) is 21.4 Å². The molecule has 0 saturated carbocycles. The topological polar surface area (TPSA) is 85.4 Å². The summed E-state index contributed by atoms with van der Waals surface area (Å²) < 4.78 is 42.7.